The molecule has 48 heavy (non-hydrogen) atoms. The highest BCUT2D eigenvalue weighted by atomic mass is 16.5. The van der Waals surface area contributed by atoms with Crippen LogP contribution >= 0.6 is 0 Å². The van der Waals surface area contributed by atoms with E-state index in [-0.39, 0.29) is 103 Å². The molecule has 3 aromatic rings. The van der Waals surface area contributed by atoms with Gasteiger partial charge in [-0.25, -0.2) is 13.9 Å². The van der Waals surface area contributed by atoms with Crippen LogP contribution in [0.1, 0.15) is 107 Å². The summed E-state index contributed by atoms with van der Waals surface area (Å²) in [6.07, 6.45) is 0.936. The van der Waals surface area contributed by atoms with Gasteiger partial charge >= 0.3 is 11.7 Å². The van der Waals surface area contributed by atoms with Gasteiger partial charge in [-0.2, -0.15) is 0 Å². The highest BCUT2D eigenvalue weighted by molar-refractivity contribution is 6.20. The number of nitrogens with zero attached hydrogens (tertiary/aromatic N) is 3. The fraction of sp³-hybridized carbons (Fsp3) is 0.343. The largest absolute Gasteiger partial charge is 0.466 e. The Morgan fingerprint density at radius 1 is 0.708 bits per heavy atom. The second kappa shape index (κ2) is 14.0. The molecule has 1 saturated carbocycles. The molecule has 2 aliphatic rings. The van der Waals surface area contributed by atoms with Gasteiger partial charge in [-0.15, -0.1) is 0 Å². The lowest BCUT2D eigenvalue weighted by Gasteiger charge is -2.14. The van der Waals surface area contributed by atoms with Crippen LogP contribution in [0.2, 0.25) is 0 Å². The van der Waals surface area contributed by atoms with Crippen molar-refractivity contribution in [1.29, 1.82) is 0 Å². The van der Waals surface area contributed by atoms with Crippen LogP contribution in [-0.2, 0) is 28.7 Å². The third-order valence-electron chi connectivity index (χ3n) is 8.47. The zero-order valence-corrected chi connectivity index (χ0v) is 26.5. The van der Waals surface area contributed by atoms with Gasteiger partial charge in [0.2, 0.25) is 11.8 Å². The number of anilines is 1. The van der Waals surface area contributed by atoms with Gasteiger partial charge in [0, 0.05) is 49.7 Å². The average molecular weight is 656 g/mol. The number of carbonyl (C=O) groups is 8. The predicted molar refractivity (Wildman–Crippen MR) is 169 cm³/mol. The molecule has 0 unspecified atom stereocenters. The first kappa shape index (κ1) is 33.8. The first-order chi connectivity index (χ1) is 22.9. The van der Waals surface area contributed by atoms with Crippen molar-refractivity contribution in [3.05, 3.63) is 87.1 Å². The zero-order valence-electron chi connectivity index (χ0n) is 26.5. The Morgan fingerprint density at radius 2 is 1.23 bits per heavy atom. The summed E-state index contributed by atoms with van der Waals surface area (Å²) in [5.74, 6) is -4.86. The highest BCUT2D eigenvalue weighted by Gasteiger charge is 2.35. The topological polar surface area (TPSA) is 176 Å². The average Bonchev–Trinajstić information content (AvgIpc) is 3.68. The molecule has 5 rings (SSSR count). The molecule has 1 aliphatic carbocycles. The molecule has 248 valence electrons. The van der Waals surface area contributed by atoms with Gasteiger partial charge in [0.05, 0.1) is 18.0 Å². The van der Waals surface area contributed by atoms with Crippen LogP contribution in [0.3, 0.4) is 0 Å². The van der Waals surface area contributed by atoms with Crippen molar-refractivity contribution in [3.8, 4) is 0 Å². The first-order valence-electron chi connectivity index (χ1n) is 15.7. The molecular formula is C35H33N3O10. The summed E-state index contributed by atoms with van der Waals surface area (Å²) in [4.78, 5) is 116. The minimum atomic E-state index is -1.09. The van der Waals surface area contributed by atoms with E-state index in [1.807, 2.05) is 0 Å². The quantitative estimate of drug-likeness (QED) is 0.0979. The van der Waals surface area contributed by atoms with Crippen LogP contribution in [0, 0.1) is 6.92 Å². The maximum atomic E-state index is 13.8. The molecule has 13 heteroatoms. The number of ether oxygens (including phenoxy) is 1. The van der Waals surface area contributed by atoms with Crippen molar-refractivity contribution in [1.82, 2.24) is 9.13 Å². The van der Waals surface area contributed by atoms with Crippen molar-refractivity contribution in [3.63, 3.8) is 0 Å². The number of esters is 1. The smallest absolute Gasteiger partial charge is 0.343 e. The van der Waals surface area contributed by atoms with E-state index in [1.165, 1.54) is 55.5 Å². The van der Waals surface area contributed by atoms with E-state index in [2.05, 4.69) is 0 Å². The predicted octanol–water partition coefficient (Wildman–Crippen LogP) is 3.31. The van der Waals surface area contributed by atoms with Gasteiger partial charge in [-0.3, -0.25) is 43.3 Å². The van der Waals surface area contributed by atoms with Gasteiger partial charge in [0.25, 0.3) is 11.8 Å². The molecule has 0 N–H and O–H groups in total. The molecule has 1 aromatic heterocycles. The minimum Gasteiger partial charge on any atom is -0.466 e. The summed E-state index contributed by atoms with van der Waals surface area (Å²) in [6.45, 7) is 3.27. The Labute approximate surface area is 274 Å². The van der Waals surface area contributed by atoms with Crippen LogP contribution in [0.15, 0.2) is 53.3 Å². The second-order valence-corrected chi connectivity index (χ2v) is 11.6. The maximum absolute atomic E-state index is 13.8. The Kier molecular flexibility index (Phi) is 9.87. The Morgan fingerprint density at radius 3 is 1.79 bits per heavy atom. The summed E-state index contributed by atoms with van der Waals surface area (Å²) < 4.78 is 6.26. The first-order valence-corrected chi connectivity index (χ1v) is 15.7. The fourth-order valence-electron chi connectivity index (χ4n) is 6.05. The number of Topliss-reactive ketones (excluding diaryl/α,β-unsaturated/α-hetero) is 3. The Hall–Kier alpha value is -5.59. The van der Waals surface area contributed by atoms with Gasteiger partial charge in [0.15, 0.2) is 5.78 Å². The molecule has 0 radical (unpaired) electrons. The standard InChI is InChI=1S/C35H33N3O10/c1-3-48-30(44)7-5-4-6-27(41)32-20(2)36(33(45)22-10-8-21(9-11-22)31-25(39)16-17-26(31)40)35(47)38(32)34(46)23-12-14-24(15-13-23)37-28(42)18-19-29(37)43/h8-15,31H,3-7,16-19H2,1-2H3. The normalized spacial score (nSPS) is 15.0. The molecular weight excluding hydrogens is 622 g/mol. The summed E-state index contributed by atoms with van der Waals surface area (Å²) in [5, 5.41) is 0. The number of imide groups is 1. The minimum absolute atomic E-state index is 0.0178. The SMILES string of the molecule is CCOC(=O)CCCCC(=O)c1c(C)n(C(=O)c2ccc(C3C(=O)CCC3=O)cc2)c(=O)n1C(=O)c1ccc(N2C(=O)CCC2=O)cc1. The van der Waals surface area contributed by atoms with Gasteiger partial charge in [-0.05, 0) is 68.7 Å². The molecule has 1 saturated heterocycles. The van der Waals surface area contributed by atoms with E-state index < -0.39 is 35.2 Å². The van der Waals surface area contributed by atoms with Crippen LogP contribution in [0.25, 0.3) is 0 Å². The number of aromatic nitrogens is 2. The number of ketones is 3. The number of imidazole rings is 1. The number of benzene rings is 2. The van der Waals surface area contributed by atoms with Crippen LogP contribution < -0.4 is 10.6 Å². The zero-order chi connectivity index (χ0) is 34.7. The van der Waals surface area contributed by atoms with Crippen LogP contribution in [-0.4, -0.2) is 62.7 Å². The molecule has 1 aliphatic heterocycles. The van der Waals surface area contributed by atoms with Crippen molar-refractivity contribution in [2.75, 3.05) is 11.5 Å². The summed E-state index contributed by atoms with van der Waals surface area (Å²) in [6, 6.07) is 11.1. The van der Waals surface area contributed by atoms with Crippen molar-refractivity contribution in [2.24, 2.45) is 0 Å². The molecule has 2 heterocycles. The molecule has 2 amide bonds. The Balaban J connectivity index is 1.48. The monoisotopic (exact) mass is 655 g/mol. The molecule has 0 bridgehead atoms. The van der Waals surface area contributed by atoms with E-state index in [0.717, 1.165) is 9.47 Å². The van der Waals surface area contributed by atoms with Gasteiger partial charge in [0.1, 0.15) is 23.2 Å². The summed E-state index contributed by atoms with van der Waals surface area (Å²) >= 11 is 0. The fourth-order valence-corrected chi connectivity index (χ4v) is 6.05. The van der Waals surface area contributed by atoms with Crippen molar-refractivity contribution in [2.45, 2.75) is 71.1 Å². The second-order valence-electron chi connectivity index (χ2n) is 11.6. The lowest BCUT2D eigenvalue weighted by Crippen LogP contribution is -2.34. The van der Waals surface area contributed by atoms with E-state index in [4.69, 9.17) is 4.74 Å². The van der Waals surface area contributed by atoms with Gasteiger partial charge in [-0.1, -0.05) is 12.1 Å². The van der Waals surface area contributed by atoms with Crippen LogP contribution in [0.4, 0.5) is 5.69 Å². The summed E-state index contributed by atoms with van der Waals surface area (Å²) in [5.41, 5.74) is -0.823. The lowest BCUT2D eigenvalue weighted by molar-refractivity contribution is -0.143. The molecule has 2 fully saturated rings. The van der Waals surface area contributed by atoms with E-state index in [1.54, 1.807) is 6.92 Å². The number of unbranched alkanes of at least 4 members (excludes halogenated alkanes) is 1. The van der Waals surface area contributed by atoms with E-state index in [0.29, 0.717) is 16.6 Å². The third kappa shape index (κ3) is 6.48. The maximum Gasteiger partial charge on any atom is 0.343 e. The molecule has 2 aromatic carbocycles. The molecule has 13 nitrogen and oxygen atoms in total. The number of rotatable bonds is 11. The summed E-state index contributed by atoms with van der Waals surface area (Å²) in [7, 11) is 0. The van der Waals surface area contributed by atoms with Crippen molar-refractivity contribution < 1.29 is 43.1 Å². The third-order valence-corrected chi connectivity index (χ3v) is 8.47. The number of amides is 2. The van der Waals surface area contributed by atoms with Crippen molar-refractivity contribution >= 4 is 52.6 Å². The van der Waals surface area contributed by atoms with E-state index >= 15 is 0 Å². The van der Waals surface area contributed by atoms with Gasteiger partial charge < -0.3 is 4.74 Å². The molecule has 0 spiro atoms. The van der Waals surface area contributed by atoms with E-state index in [9.17, 15) is 43.2 Å². The molecule has 0 atom stereocenters. The van der Waals surface area contributed by atoms with Crippen LogP contribution in [0.5, 0.6) is 0 Å². The Bertz CT molecular complexity index is 1880. The number of carbonyl (C=O) groups excluding carboxylic acids is 8. The lowest BCUT2D eigenvalue weighted by atomic mass is 9.95. The number of hydrogen-bond donors (Lipinski definition) is 0. The number of hydrogen-bond acceptors (Lipinski definition) is 10. The highest BCUT2D eigenvalue weighted by Crippen LogP contribution is 2.29.